The SMILES string of the molecule is Cc1cncc(C(=O)NC(C)C(C)CO)c1. The summed E-state index contributed by atoms with van der Waals surface area (Å²) in [5.41, 5.74) is 1.51. The van der Waals surface area contributed by atoms with Gasteiger partial charge in [0.05, 0.1) is 5.56 Å². The molecule has 0 saturated heterocycles. The molecule has 0 spiro atoms. The van der Waals surface area contributed by atoms with Crippen LogP contribution in [0.25, 0.3) is 0 Å². The number of carbonyl (C=O) groups is 1. The van der Waals surface area contributed by atoms with Gasteiger partial charge in [-0.3, -0.25) is 9.78 Å². The molecule has 0 aliphatic carbocycles. The Balaban J connectivity index is 2.66. The topological polar surface area (TPSA) is 62.2 Å². The molecule has 1 rings (SSSR count). The van der Waals surface area contributed by atoms with Crippen LogP contribution in [0.4, 0.5) is 0 Å². The summed E-state index contributed by atoms with van der Waals surface area (Å²) < 4.78 is 0. The van der Waals surface area contributed by atoms with Crippen molar-refractivity contribution in [2.75, 3.05) is 6.61 Å². The summed E-state index contributed by atoms with van der Waals surface area (Å²) in [6.07, 6.45) is 3.25. The first-order chi connectivity index (χ1) is 7.54. The van der Waals surface area contributed by atoms with Gasteiger partial charge in [0, 0.05) is 25.0 Å². The molecule has 88 valence electrons. The second-order valence-electron chi connectivity index (χ2n) is 4.17. The molecule has 0 radical (unpaired) electrons. The van der Waals surface area contributed by atoms with Crippen LogP contribution < -0.4 is 5.32 Å². The molecule has 4 heteroatoms. The Labute approximate surface area is 95.7 Å². The van der Waals surface area contributed by atoms with Crippen LogP contribution in [-0.2, 0) is 0 Å². The molecular weight excluding hydrogens is 204 g/mol. The molecule has 1 amide bonds. The van der Waals surface area contributed by atoms with E-state index in [9.17, 15) is 4.79 Å². The molecule has 2 unspecified atom stereocenters. The van der Waals surface area contributed by atoms with Crippen molar-refractivity contribution in [2.45, 2.75) is 26.8 Å². The predicted octanol–water partition coefficient (Wildman–Crippen LogP) is 1.14. The third-order valence-corrected chi connectivity index (χ3v) is 2.64. The van der Waals surface area contributed by atoms with Crippen LogP contribution in [0.1, 0.15) is 29.8 Å². The van der Waals surface area contributed by atoms with E-state index in [2.05, 4.69) is 10.3 Å². The van der Waals surface area contributed by atoms with E-state index in [1.54, 1.807) is 18.5 Å². The fraction of sp³-hybridized carbons (Fsp3) is 0.500. The maximum absolute atomic E-state index is 11.8. The molecule has 0 fully saturated rings. The van der Waals surface area contributed by atoms with Gasteiger partial charge in [-0.15, -0.1) is 0 Å². The molecule has 1 aromatic heterocycles. The number of rotatable bonds is 4. The molecule has 0 saturated carbocycles. The summed E-state index contributed by atoms with van der Waals surface area (Å²) in [6.45, 7) is 5.72. The maximum atomic E-state index is 11.8. The standard InChI is InChI=1S/C12H18N2O2/c1-8-4-11(6-13-5-8)12(16)14-10(3)9(2)7-15/h4-6,9-10,15H,7H2,1-3H3,(H,14,16). The van der Waals surface area contributed by atoms with Crippen molar-refractivity contribution in [1.82, 2.24) is 10.3 Å². The number of pyridine rings is 1. The number of hydrogen-bond donors (Lipinski definition) is 2. The van der Waals surface area contributed by atoms with Crippen LogP contribution in [0.5, 0.6) is 0 Å². The lowest BCUT2D eigenvalue weighted by molar-refractivity contribution is 0.0916. The average molecular weight is 222 g/mol. The number of aliphatic hydroxyl groups is 1. The highest BCUT2D eigenvalue weighted by Crippen LogP contribution is 2.05. The van der Waals surface area contributed by atoms with E-state index in [0.717, 1.165) is 5.56 Å². The third-order valence-electron chi connectivity index (χ3n) is 2.64. The lowest BCUT2D eigenvalue weighted by Gasteiger charge is -2.19. The summed E-state index contributed by atoms with van der Waals surface area (Å²) in [5.74, 6) is -0.106. The Kier molecular flexibility index (Phi) is 4.43. The first-order valence-electron chi connectivity index (χ1n) is 5.38. The lowest BCUT2D eigenvalue weighted by atomic mass is 10.0. The second-order valence-corrected chi connectivity index (χ2v) is 4.17. The van der Waals surface area contributed by atoms with Gasteiger partial charge in [0.1, 0.15) is 0 Å². The first kappa shape index (κ1) is 12.6. The Morgan fingerprint density at radius 2 is 2.19 bits per heavy atom. The molecule has 1 aromatic rings. The number of nitrogens with one attached hydrogen (secondary N) is 1. The van der Waals surface area contributed by atoms with Crippen LogP contribution in [0.15, 0.2) is 18.5 Å². The predicted molar refractivity (Wildman–Crippen MR) is 62.2 cm³/mol. The summed E-state index contributed by atoms with van der Waals surface area (Å²) in [4.78, 5) is 15.8. The van der Waals surface area contributed by atoms with Crippen molar-refractivity contribution in [3.05, 3.63) is 29.6 Å². The Hall–Kier alpha value is -1.42. The van der Waals surface area contributed by atoms with E-state index in [1.807, 2.05) is 20.8 Å². The molecular formula is C12H18N2O2. The molecule has 0 aromatic carbocycles. The van der Waals surface area contributed by atoms with Gasteiger partial charge in [-0.05, 0) is 31.4 Å². The van der Waals surface area contributed by atoms with E-state index >= 15 is 0 Å². The Morgan fingerprint density at radius 1 is 1.50 bits per heavy atom. The zero-order chi connectivity index (χ0) is 12.1. The van der Waals surface area contributed by atoms with Gasteiger partial charge >= 0.3 is 0 Å². The fourth-order valence-electron chi connectivity index (χ4n) is 1.27. The fourth-order valence-corrected chi connectivity index (χ4v) is 1.27. The van der Waals surface area contributed by atoms with Crippen molar-refractivity contribution in [1.29, 1.82) is 0 Å². The lowest BCUT2D eigenvalue weighted by Crippen LogP contribution is -2.38. The van der Waals surface area contributed by atoms with Crippen LogP contribution in [0.2, 0.25) is 0 Å². The maximum Gasteiger partial charge on any atom is 0.253 e. The third kappa shape index (κ3) is 3.31. The number of amides is 1. The minimum atomic E-state index is -0.149. The highest BCUT2D eigenvalue weighted by Gasteiger charge is 2.15. The van der Waals surface area contributed by atoms with Crippen LogP contribution in [0.3, 0.4) is 0 Å². The van der Waals surface area contributed by atoms with E-state index in [0.29, 0.717) is 5.56 Å². The Bertz CT molecular complexity index is 366. The van der Waals surface area contributed by atoms with Crippen LogP contribution in [-0.4, -0.2) is 28.6 Å². The van der Waals surface area contributed by atoms with Gasteiger partial charge < -0.3 is 10.4 Å². The number of aromatic nitrogens is 1. The molecule has 0 aliphatic rings. The smallest absolute Gasteiger partial charge is 0.253 e. The van der Waals surface area contributed by atoms with Gasteiger partial charge in [0.2, 0.25) is 0 Å². The van der Waals surface area contributed by atoms with E-state index < -0.39 is 0 Å². The second kappa shape index (κ2) is 5.61. The van der Waals surface area contributed by atoms with Gasteiger partial charge in [0.25, 0.3) is 5.91 Å². The van der Waals surface area contributed by atoms with Crippen LogP contribution >= 0.6 is 0 Å². The largest absolute Gasteiger partial charge is 0.396 e. The van der Waals surface area contributed by atoms with E-state index in [1.165, 1.54) is 0 Å². The van der Waals surface area contributed by atoms with Gasteiger partial charge in [0.15, 0.2) is 0 Å². The van der Waals surface area contributed by atoms with Gasteiger partial charge in [-0.1, -0.05) is 6.92 Å². The van der Waals surface area contributed by atoms with Crippen molar-refractivity contribution in [3.8, 4) is 0 Å². The number of aliphatic hydroxyl groups excluding tert-OH is 1. The van der Waals surface area contributed by atoms with E-state index in [-0.39, 0.29) is 24.5 Å². The molecule has 0 aliphatic heterocycles. The van der Waals surface area contributed by atoms with Crippen molar-refractivity contribution < 1.29 is 9.90 Å². The molecule has 2 N–H and O–H groups in total. The summed E-state index contributed by atoms with van der Waals surface area (Å²) in [6, 6.07) is 1.73. The number of nitrogens with zero attached hydrogens (tertiary/aromatic N) is 1. The molecule has 16 heavy (non-hydrogen) atoms. The summed E-state index contributed by atoms with van der Waals surface area (Å²) >= 11 is 0. The average Bonchev–Trinajstić information content (AvgIpc) is 2.27. The highest BCUT2D eigenvalue weighted by molar-refractivity contribution is 5.94. The van der Waals surface area contributed by atoms with Crippen LogP contribution in [0, 0.1) is 12.8 Å². The van der Waals surface area contributed by atoms with E-state index in [4.69, 9.17) is 5.11 Å². The highest BCUT2D eigenvalue weighted by atomic mass is 16.3. The number of hydrogen-bond acceptors (Lipinski definition) is 3. The minimum Gasteiger partial charge on any atom is -0.396 e. The number of carbonyl (C=O) groups excluding carboxylic acids is 1. The van der Waals surface area contributed by atoms with Crippen molar-refractivity contribution in [2.24, 2.45) is 5.92 Å². The summed E-state index contributed by atoms with van der Waals surface area (Å²) in [5, 5.41) is 11.8. The molecule has 4 nitrogen and oxygen atoms in total. The quantitative estimate of drug-likeness (QED) is 0.803. The van der Waals surface area contributed by atoms with Gasteiger partial charge in [-0.2, -0.15) is 0 Å². The normalized spacial score (nSPS) is 14.2. The molecule has 1 heterocycles. The summed E-state index contributed by atoms with van der Waals surface area (Å²) in [7, 11) is 0. The first-order valence-corrected chi connectivity index (χ1v) is 5.38. The Morgan fingerprint density at radius 3 is 2.75 bits per heavy atom. The zero-order valence-electron chi connectivity index (χ0n) is 9.90. The number of aryl methyl sites for hydroxylation is 1. The molecule has 2 atom stereocenters. The molecule has 0 bridgehead atoms. The minimum absolute atomic E-state index is 0.0433. The zero-order valence-corrected chi connectivity index (χ0v) is 9.90. The van der Waals surface area contributed by atoms with Crippen molar-refractivity contribution >= 4 is 5.91 Å². The van der Waals surface area contributed by atoms with Gasteiger partial charge in [-0.25, -0.2) is 0 Å². The van der Waals surface area contributed by atoms with Crippen molar-refractivity contribution in [3.63, 3.8) is 0 Å². The monoisotopic (exact) mass is 222 g/mol.